The number of methoxy groups -OCH3 is 1. The first kappa shape index (κ1) is 26.6. The summed E-state index contributed by atoms with van der Waals surface area (Å²) >= 11 is 0. The van der Waals surface area contributed by atoms with Gasteiger partial charge in [0.2, 0.25) is 0 Å². The molecule has 32 heavy (non-hydrogen) atoms. The van der Waals surface area contributed by atoms with E-state index in [0.717, 1.165) is 16.7 Å². The summed E-state index contributed by atoms with van der Waals surface area (Å²) in [6.07, 6.45) is -0.194. The minimum Gasteiger partial charge on any atom is -0.497 e. The third-order valence-corrected chi connectivity index (χ3v) is 10.9. The van der Waals surface area contributed by atoms with Crippen LogP contribution in [0.4, 0.5) is 4.39 Å². The highest BCUT2D eigenvalue weighted by molar-refractivity contribution is 6.74. The van der Waals surface area contributed by atoms with E-state index < -0.39 is 8.32 Å². The lowest BCUT2D eigenvalue weighted by molar-refractivity contribution is -0.0129. The van der Waals surface area contributed by atoms with Crippen molar-refractivity contribution in [2.24, 2.45) is 5.41 Å². The van der Waals surface area contributed by atoms with Gasteiger partial charge in [0, 0.05) is 12.2 Å². The molecule has 0 aliphatic rings. The molecule has 0 spiro atoms. The van der Waals surface area contributed by atoms with E-state index in [1.165, 1.54) is 6.07 Å². The zero-order valence-corrected chi connectivity index (χ0v) is 22.6. The van der Waals surface area contributed by atoms with E-state index in [2.05, 4.69) is 60.7 Å². The van der Waals surface area contributed by atoms with E-state index in [1.54, 1.807) is 19.2 Å². The Hall–Kier alpha value is -1.69. The molecule has 0 N–H and O–H groups in total. The molecule has 0 radical (unpaired) electrons. The molecule has 0 aromatic heterocycles. The second-order valence-corrected chi connectivity index (χ2v) is 15.8. The van der Waals surface area contributed by atoms with Gasteiger partial charge in [-0.05, 0) is 65.4 Å². The van der Waals surface area contributed by atoms with Crippen LogP contribution in [-0.2, 0) is 15.8 Å². The molecule has 0 bridgehead atoms. The topological polar surface area (TPSA) is 27.7 Å². The normalized spacial score (nSPS) is 13.8. The summed E-state index contributed by atoms with van der Waals surface area (Å²) in [5.41, 5.74) is 3.23. The van der Waals surface area contributed by atoms with Gasteiger partial charge in [-0.25, -0.2) is 4.39 Å². The van der Waals surface area contributed by atoms with Gasteiger partial charge >= 0.3 is 0 Å². The van der Waals surface area contributed by atoms with Crippen LogP contribution in [0.15, 0.2) is 36.4 Å². The highest BCUT2D eigenvalue weighted by atomic mass is 28.4. The smallest absolute Gasteiger partial charge is 0.192 e. The molecule has 2 aromatic rings. The van der Waals surface area contributed by atoms with E-state index in [4.69, 9.17) is 13.9 Å². The lowest BCUT2D eigenvalue weighted by atomic mass is 9.81. The van der Waals surface area contributed by atoms with Crippen molar-refractivity contribution in [1.82, 2.24) is 0 Å². The molecule has 0 heterocycles. The first-order valence-corrected chi connectivity index (χ1v) is 14.3. The quantitative estimate of drug-likeness (QED) is 0.372. The number of hydrogen-bond acceptors (Lipinski definition) is 3. The lowest BCUT2D eigenvalue weighted by Crippen LogP contribution is -2.40. The Morgan fingerprint density at radius 3 is 2.12 bits per heavy atom. The summed E-state index contributed by atoms with van der Waals surface area (Å²) in [7, 11) is -0.296. The van der Waals surface area contributed by atoms with Crippen LogP contribution in [-0.4, -0.2) is 22.0 Å². The average molecular weight is 461 g/mol. The maximum Gasteiger partial charge on any atom is 0.192 e. The Kier molecular flexibility index (Phi) is 8.35. The Bertz CT molecular complexity index is 910. The third kappa shape index (κ3) is 6.21. The lowest BCUT2D eigenvalue weighted by Gasteiger charge is -2.36. The predicted octanol–water partition coefficient (Wildman–Crippen LogP) is 8.15. The average Bonchev–Trinajstić information content (AvgIpc) is 2.69. The number of hydrogen-bond donors (Lipinski definition) is 0. The van der Waals surface area contributed by atoms with Crippen LogP contribution < -0.4 is 4.74 Å². The van der Waals surface area contributed by atoms with Gasteiger partial charge in [-0.15, -0.1) is 0 Å². The summed E-state index contributed by atoms with van der Waals surface area (Å²) in [5, 5.41) is 0.138. The van der Waals surface area contributed by atoms with Crippen LogP contribution in [0.3, 0.4) is 0 Å². The van der Waals surface area contributed by atoms with Crippen LogP contribution in [0.25, 0.3) is 11.1 Å². The van der Waals surface area contributed by atoms with Gasteiger partial charge in [-0.2, -0.15) is 0 Å². The Morgan fingerprint density at radius 1 is 0.938 bits per heavy atom. The number of benzene rings is 2. The van der Waals surface area contributed by atoms with Gasteiger partial charge < -0.3 is 13.9 Å². The molecule has 0 aliphatic heterocycles. The second-order valence-electron chi connectivity index (χ2n) is 11.0. The molecule has 2 rings (SSSR count). The SMILES string of the molecule is CCO[C@@H](c1cc(CO[Si](C)(C)C(C)(C)C)ccc1-c1cc(OC)ccc1F)C(C)(C)C. The van der Waals surface area contributed by atoms with Crippen molar-refractivity contribution in [1.29, 1.82) is 0 Å². The molecule has 0 saturated carbocycles. The fourth-order valence-electron chi connectivity index (χ4n) is 3.46. The van der Waals surface area contributed by atoms with Crippen LogP contribution in [0.2, 0.25) is 18.1 Å². The number of ether oxygens (including phenoxy) is 2. The molecule has 2 aromatic carbocycles. The van der Waals surface area contributed by atoms with E-state index >= 15 is 0 Å². The first-order chi connectivity index (χ1) is 14.7. The van der Waals surface area contributed by atoms with Crippen molar-refractivity contribution in [3.8, 4) is 16.9 Å². The molecule has 0 fully saturated rings. The van der Waals surface area contributed by atoms with Crippen molar-refractivity contribution >= 4 is 8.32 Å². The van der Waals surface area contributed by atoms with Crippen molar-refractivity contribution in [2.45, 2.75) is 79.3 Å². The van der Waals surface area contributed by atoms with Crippen LogP contribution in [0.5, 0.6) is 5.75 Å². The molecule has 0 unspecified atom stereocenters. The third-order valence-electron chi connectivity index (χ3n) is 6.39. The zero-order valence-electron chi connectivity index (χ0n) is 21.6. The molecule has 0 saturated heterocycles. The number of rotatable bonds is 8. The van der Waals surface area contributed by atoms with Gasteiger partial charge in [0.15, 0.2) is 8.32 Å². The van der Waals surface area contributed by atoms with Crippen LogP contribution in [0, 0.1) is 11.2 Å². The summed E-state index contributed by atoms with van der Waals surface area (Å²) in [6, 6.07) is 11.0. The van der Waals surface area contributed by atoms with E-state index in [-0.39, 0.29) is 22.4 Å². The molecule has 0 amide bonds. The van der Waals surface area contributed by atoms with Gasteiger partial charge in [-0.1, -0.05) is 59.7 Å². The molecule has 3 nitrogen and oxygen atoms in total. The predicted molar refractivity (Wildman–Crippen MR) is 134 cm³/mol. The molecular weight excluding hydrogens is 419 g/mol. The van der Waals surface area contributed by atoms with E-state index in [1.807, 2.05) is 19.1 Å². The van der Waals surface area contributed by atoms with E-state index in [0.29, 0.717) is 24.5 Å². The van der Waals surface area contributed by atoms with Gasteiger partial charge in [0.05, 0.1) is 19.8 Å². The second kappa shape index (κ2) is 10.1. The van der Waals surface area contributed by atoms with Gasteiger partial charge in [0.25, 0.3) is 0 Å². The van der Waals surface area contributed by atoms with Crippen LogP contribution >= 0.6 is 0 Å². The fraction of sp³-hybridized carbons (Fsp3) is 0.556. The maximum absolute atomic E-state index is 14.9. The molecule has 1 atom stereocenters. The Labute approximate surface area is 195 Å². The zero-order chi connectivity index (χ0) is 24.3. The van der Waals surface area contributed by atoms with Gasteiger partial charge in [0.1, 0.15) is 11.6 Å². The molecule has 0 aliphatic carbocycles. The minimum atomic E-state index is -1.89. The fourth-order valence-corrected chi connectivity index (χ4v) is 4.42. The van der Waals surface area contributed by atoms with E-state index in [9.17, 15) is 4.39 Å². The summed E-state index contributed by atoms with van der Waals surface area (Å²) in [5.74, 6) is 0.350. The first-order valence-electron chi connectivity index (χ1n) is 11.4. The van der Waals surface area contributed by atoms with Gasteiger partial charge in [-0.3, -0.25) is 0 Å². The summed E-state index contributed by atoms with van der Waals surface area (Å²) < 4.78 is 33.0. The highest BCUT2D eigenvalue weighted by Crippen LogP contribution is 2.43. The Morgan fingerprint density at radius 2 is 1.59 bits per heavy atom. The van der Waals surface area contributed by atoms with Crippen molar-refractivity contribution < 1.29 is 18.3 Å². The largest absolute Gasteiger partial charge is 0.497 e. The van der Waals surface area contributed by atoms with Crippen LogP contribution in [0.1, 0.15) is 65.7 Å². The van der Waals surface area contributed by atoms with Crippen molar-refractivity contribution in [2.75, 3.05) is 13.7 Å². The highest BCUT2D eigenvalue weighted by Gasteiger charge is 2.37. The molecular formula is C27H41FO3Si. The monoisotopic (exact) mass is 460 g/mol. The maximum atomic E-state index is 14.9. The number of halogens is 1. The Balaban J connectivity index is 2.60. The minimum absolute atomic E-state index is 0.138. The summed E-state index contributed by atoms with van der Waals surface area (Å²) in [6.45, 7) is 20.8. The van der Waals surface area contributed by atoms with Crippen molar-refractivity contribution in [3.05, 3.63) is 53.3 Å². The molecule has 178 valence electrons. The molecule has 5 heteroatoms. The summed E-state index contributed by atoms with van der Waals surface area (Å²) in [4.78, 5) is 0. The van der Waals surface area contributed by atoms with Crippen molar-refractivity contribution in [3.63, 3.8) is 0 Å². The standard InChI is InChI=1S/C27H41FO3Si/c1-11-30-25(26(2,3)4)23-16-19(18-31-32(9,10)27(5,6)7)12-14-21(23)22-17-20(29-8)13-15-24(22)28/h12-17,25H,11,18H2,1-10H3/t25-/m0/s1.